The van der Waals surface area contributed by atoms with Crippen LogP contribution in [0, 0.1) is 0 Å². The number of fused-ring (bicyclic) bond motifs is 1. The number of aromatic nitrogens is 1. The Morgan fingerprint density at radius 1 is 1.03 bits per heavy atom. The van der Waals surface area contributed by atoms with Crippen LogP contribution in [0.2, 0.25) is 0 Å². The number of nitrogens with zero attached hydrogens (tertiary/aromatic N) is 3. The monoisotopic (exact) mass is 422 g/mol. The third kappa shape index (κ3) is 4.20. The van der Waals surface area contributed by atoms with Crippen LogP contribution in [0.4, 0.5) is 5.13 Å². The van der Waals surface area contributed by atoms with Crippen LogP contribution in [0.25, 0.3) is 10.2 Å². The fraction of sp³-hybridized carbons (Fsp3) is 0.190. The first-order valence-electron chi connectivity index (χ1n) is 9.55. The lowest BCUT2D eigenvalue weighted by molar-refractivity contribution is 0.184. The molecule has 0 radical (unpaired) electrons. The smallest absolute Gasteiger partial charge is 0.298 e. The number of benzene rings is 1. The van der Waals surface area contributed by atoms with Crippen LogP contribution in [0.3, 0.4) is 0 Å². The summed E-state index contributed by atoms with van der Waals surface area (Å²) in [5.41, 5.74) is 15.5. The maximum Gasteiger partial charge on any atom is 0.298 e. The summed E-state index contributed by atoms with van der Waals surface area (Å²) in [5.74, 6) is 0.332. The lowest BCUT2D eigenvalue weighted by Crippen LogP contribution is -2.27. The highest BCUT2D eigenvalue weighted by atomic mass is 32.1. The van der Waals surface area contributed by atoms with Crippen LogP contribution in [-0.2, 0) is 0 Å². The van der Waals surface area contributed by atoms with E-state index < -0.39 is 5.95 Å². The average molecular weight is 423 g/mol. The van der Waals surface area contributed by atoms with E-state index >= 15 is 0 Å². The second-order valence-electron chi connectivity index (χ2n) is 6.90. The molecule has 8 nitrogen and oxygen atoms in total. The van der Waals surface area contributed by atoms with Crippen LogP contribution in [0.1, 0.15) is 25.7 Å². The van der Waals surface area contributed by atoms with Crippen molar-refractivity contribution < 1.29 is 10.2 Å². The first-order valence-corrected chi connectivity index (χ1v) is 10.4. The predicted octanol–water partition coefficient (Wildman–Crippen LogP) is 3.80. The number of aliphatic hydroxyl groups is 2. The molecule has 0 amide bonds. The van der Waals surface area contributed by atoms with Crippen molar-refractivity contribution in [3.8, 4) is 0 Å². The van der Waals surface area contributed by atoms with Gasteiger partial charge in [-0.1, -0.05) is 29.5 Å². The van der Waals surface area contributed by atoms with Crippen molar-refractivity contribution in [1.29, 1.82) is 0 Å². The maximum absolute atomic E-state index is 9.25. The lowest BCUT2D eigenvalue weighted by atomic mass is 9.90. The number of hydrogen-bond acceptors (Lipinski definition) is 7. The zero-order valence-electron chi connectivity index (χ0n) is 16.2. The van der Waals surface area contributed by atoms with E-state index in [0.717, 1.165) is 47.0 Å². The standard InChI is InChI=1S/C21H22N6O2S/c22-18(26-17-11-5-9-15(24-17)20(28)29)12-6-1-2-7-13(12)19(23)27-21-25-14-8-3-4-10-16(14)30-21/h3-5,8-11,24,28-29H,1-2,6-7H2,(H2,22,26)(H2,23,25,27). The third-order valence-corrected chi connectivity index (χ3v) is 5.78. The van der Waals surface area contributed by atoms with Gasteiger partial charge in [0.05, 0.1) is 10.2 Å². The molecular weight excluding hydrogens is 400 g/mol. The first-order chi connectivity index (χ1) is 14.5. The van der Waals surface area contributed by atoms with Gasteiger partial charge in [-0.3, -0.25) is 0 Å². The number of aliphatic hydroxyl groups excluding tert-OH is 1. The summed E-state index contributed by atoms with van der Waals surface area (Å²) in [4.78, 5) is 13.5. The predicted molar refractivity (Wildman–Crippen MR) is 121 cm³/mol. The minimum atomic E-state index is -0.810. The van der Waals surface area contributed by atoms with E-state index in [9.17, 15) is 10.2 Å². The zero-order valence-corrected chi connectivity index (χ0v) is 17.0. The van der Waals surface area contributed by atoms with Gasteiger partial charge in [0.2, 0.25) is 5.13 Å². The highest BCUT2D eigenvalue weighted by molar-refractivity contribution is 7.22. The number of allylic oxidation sites excluding steroid dienone is 3. The minimum absolute atomic E-state index is 0.152. The molecule has 1 aliphatic heterocycles. The van der Waals surface area contributed by atoms with Crippen molar-refractivity contribution in [3.05, 3.63) is 71.1 Å². The lowest BCUT2D eigenvalue weighted by Gasteiger charge is -2.20. The molecule has 30 heavy (non-hydrogen) atoms. The fourth-order valence-corrected chi connectivity index (χ4v) is 4.25. The Labute approximate surface area is 177 Å². The Balaban J connectivity index is 1.66. The Hall–Kier alpha value is -3.59. The van der Waals surface area contributed by atoms with E-state index in [2.05, 4.69) is 20.3 Å². The molecule has 4 rings (SSSR count). The van der Waals surface area contributed by atoms with Crippen LogP contribution >= 0.6 is 11.3 Å². The zero-order chi connectivity index (χ0) is 21.1. The second-order valence-corrected chi connectivity index (χ2v) is 7.90. The highest BCUT2D eigenvalue weighted by Crippen LogP contribution is 2.30. The summed E-state index contributed by atoms with van der Waals surface area (Å²) in [6.45, 7) is 0. The van der Waals surface area contributed by atoms with E-state index in [1.807, 2.05) is 24.3 Å². The van der Waals surface area contributed by atoms with Crippen LogP contribution < -0.4 is 16.8 Å². The summed E-state index contributed by atoms with van der Waals surface area (Å²) < 4.78 is 1.06. The summed E-state index contributed by atoms with van der Waals surface area (Å²) >= 11 is 1.49. The Morgan fingerprint density at radius 3 is 2.43 bits per heavy atom. The third-order valence-electron chi connectivity index (χ3n) is 4.85. The van der Waals surface area contributed by atoms with Crippen molar-refractivity contribution in [3.63, 3.8) is 0 Å². The second kappa shape index (κ2) is 8.42. The molecule has 2 aromatic rings. The molecule has 0 saturated carbocycles. The van der Waals surface area contributed by atoms with Crippen LogP contribution in [0.15, 0.2) is 81.1 Å². The molecule has 0 bridgehead atoms. The van der Waals surface area contributed by atoms with Gasteiger partial charge in [-0.25, -0.2) is 15.0 Å². The van der Waals surface area contributed by atoms with E-state index in [0.29, 0.717) is 22.6 Å². The highest BCUT2D eigenvalue weighted by Gasteiger charge is 2.20. The van der Waals surface area contributed by atoms with Crippen LogP contribution in [-0.4, -0.2) is 26.9 Å². The van der Waals surface area contributed by atoms with E-state index in [-0.39, 0.29) is 5.70 Å². The molecule has 0 fully saturated rings. The molecule has 0 spiro atoms. The average Bonchev–Trinajstić information content (AvgIpc) is 3.16. The minimum Gasteiger partial charge on any atom is -0.480 e. The van der Waals surface area contributed by atoms with Gasteiger partial charge in [-0.15, -0.1) is 0 Å². The molecule has 2 aliphatic rings. The molecule has 1 aliphatic carbocycles. The molecule has 0 saturated heterocycles. The molecule has 1 aromatic heterocycles. The number of nitrogens with two attached hydrogens (primary N) is 2. The van der Waals surface area contributed by atoms with Gasteiger partial charge in [0.15, 0.2) is 0 Å². The van der Waals surface area contributed by atoms with E-state index in [4.69, 9.17) is 11.5 Å². The maximum atomic E-state index is 9.25. The number of dihydropyridines is 1. The largest absolute Gasteiger partial charge is 0.480 e. The number of aliphatic imine (C=N–C) groups is 2. The van der Waals surface area contributed by atoms with Crippen molar-refractivity contribution in [2.75, 3.05) is 0 Å². The van der Waals surface area contributed by atoms with Gasteiger partial charge in [0.1, 0.15) is 23.2 Å². The number of thiazole rings is 1. The Kier molecular flexibility index (Phi) is 5.53. The molecule has 7 N–H and O–H groups in total. The Bertz CT molecular complexity index is 1130. The van der Waals surface area contributed by atoms with E-state index in [1.165, 1.54) is 17.4 Å². The number of rotatable bonds is 4. The SMILES string of the molecule is NC(=NC1=CC=CC(=C(O)O)N1)C1=C(C(N)=Nc2nc3ccccc3s2)CCCC1. The van der Waals surface area contributed by atoms with Crippen molar-refractivity contribution in [2.45, 2.75) is 25.7 Å². The summed E-state index contributed by atoms with van der Waals surface area (Å²) in [5, 5.41) is 21.9. The van der Waals surface area contributed by atoms with Gasteiger partial charge < -0.3 is 27.0 Å². The quantitative estimate of drug-likeness (QED) is 0.288. The van der Waals surface area contributed by atoms with Crippen molar-refractivity contribution in [1.82, 2.24) is 10.3 Å². The van der Waals surface area contributed by atoms with Gasteiger partial charge in [0.25, 0.3) is 5.95 Å². The molecule has 1 aromatic carbocycles. The number of para-hydroxylation sites is 1. The summed E-state index contributed by atoms with van der Waals surface area (Å²) in [6.07, 6.45) is 8.37. The van der Waals surface area contributed by atoms with Gasteiger partial charge >= 0.3 is 0 Å². The molecule has 2 heterocycles. The normalized spacial score (nSPS) is 17.9. The van der Waals surface area contributed by atoms with Gasteiger partial charge in [-0.2, -0.15) is 0 Å². The topological polar surface area (TPSA) is 142 Å². The summed E-state index contributed by atoms with van der Waals surface area (Å²) in [6, 6.07) is 7.86. The fourth-order valence-electron chi connectivity index (χ4n) is 3.40. The van der Waals surface area contributed by atoms with Crippen molar-refractivity contribution >= 4 is 38.4 Å². The number of hydrogen-bond donors (Lipinski definition) is 5. The molecule has 154 valence electrons. The van der Waals surface area contributed by atoms with Gasteiger partial charge in [0, 0.05) is 11.1 Å². The summed E-state index contributed by atoms with van der Waals surface area (Å²) in [7, 11) is 0. The van der Waals surface area contributed by atoms with E-state index in [1.54, 1.807) is 12.2 Å². The number of nitrogens with one attached hydrogen (secondary N) is 1. The first kappa shape index (κ1) is 19.7. The Morgan fingerprint density at radius 2 is 1.73 bits per heavy atom. The number of amidine groups is 2. The molecule has 0 unspecified atom stereocenters. The molecular formula is C21H22N6O2S. The van der Waals surface area contributed by atoms with Crippen LogP contribution in [0.5, 0.6) is 0 Å². The molecule has 9 heteroatoms. The van der Waals surface area contributed by atoms with Crippen molar-refractivity contribution in [2.24, 2.45) is 21.5 Å². The molecule has 0 atom stereocenters. The van der Waals surface area contributed by atoms with Gasteiger partial charge in [-0.05, 0) is 50.0 Å².